The summed E-state index contributed by atoms with van der Waals surface area (Å²) in [4.78, 5) is 7.28. The predicted octanol–water partition coefficient (Wildman–Crippen LogP) is 3.32. The third-order valence-corrected chi connectivity index (χ3v) is 4.52. The molecule has 1 atom stereocenters. The summed E-state index contributed by atoms with van der Waals surface area (Å²) in [6.45, 7) is 2.66. The number of hydrogen-bond acceptors (Lipinski definition) is 5. The molecule has 0 saturated carbocycles. The van der Waals surface area contributed by atoms with Gasteiger partial charge in [0, 0.05) is 30.7 Å². The van der Waals surface area contributed by atoms with Crippen molar-refractivity contribution in [2.24, 2.45) is 0 Å². The zero-order valence-corrected chi connectivity index (χ0v) is 13.0. The van der Waals surface area contributed by atoms with E-state index in [0.717, 1.165) is 35.7 Å². The smallest absolute Gasteiger partial charge is 0.375 e. The first-order chi connectivity index (χ1) is 10.9. The lowest BCUT2D eigenvalue weighted by molar-refractivity contribution is -0.137. The van der Waals surface area contributed by atoms with Gasteiger partial charge in [-0.05, 0) is 17.7 Å². The molecule has 0 radical (unpaired) electrons. The van der Waals surface area contributed by atoms with Crippen molar-refractivity contribution >= 4 is 16.5 Å². The number of ether oxygens (including phenoxy) is 1. The number of alkyl halides is 3. The van der Waals surface area contributed by atoms with E-state index >= 15 is 0 Å². The average Bonchev–Trinajstić information content (AvgIpc) is 2.92. The Morgan fingerprint density at radius 2 is 2.04 bits per heavy atom. The Morgan fingerprint density at radius 3 is 2.65 bits per heavy atom. The van der Waals surface area contributed by atoms with Crippen LogP contribution in [0.15, 0.2) is 30.5 Å². The summed E-state index contributed by atoms with van der Waals surface area (Å²) in [6, 6.07) is 5.17. The van der Waals surface area contributed by atoms with Gasteiger partial charge in [0.1, 0.15) is 0 Å². The number of thiazole rings is 1. The van der Waals surface area contributed by atoms with Crippen LogP contribution < -0.4 is 5.73 Å². The van der Waals surface area contributed by atoms with Gasteiger partial charge in [-0.15, -0.1) is 11.3 Å². The van der Waals surface area contributed by atoms with Crippen LogP contribution in [0.1, 0.15) is 22.1 Å². The molecule has 1 aliphatic rings. The largest absolute Gasteiger partial charge is 0.416 e. The van der Waals surface area contributed by atoms with Crippen molar-refractivity contribution in [1.29, 1.82) is 0 Å². The molecule has 0 aliphatic carbocycles. The molecule has 2 heterocycles. The molecule has 0 spiro atoms. The van der Waals surface area contributed by atoms with Gasteiger partial charge in [-0.25, -0.2) is 4.98 Å². The van der Waals surface area contributed by atoms with Gasteiger partial charge in [0.25, 0.3) is 0 Å². The lowest BCUT2D eigenvalue weighted by Gasteiger charge is -2.32. The Kier molecular flexibility index (Phi) is 4.56. The second-order valence-corrected chi connectivity index (χ2v) is 6.53. The number of benzene rings is 1. The summed E-state index contributed by atoms with van der Waals surface area (Å²) < 4.78 is 43.5. The Bertz CT molecular complexity index is 657. The first-order valence-corrected chi connectivity index (χ1v) is 7.95. The SMILES string of the molecule is Nc1ncc(CN2CCOC(c3ccc(C(F)(F)F)cc3)C2)s1. The monoisotopic (exact) mass is 343 g/mol. The molecule has 1 unspecified atom stereocenters. The van der Waals surface area contributed by atoms with Crippen LogP contribution in [0.2, 0.25) is 0 Å². The number of anilines is 1. The van der Waals surface area contributed by atoms with E-state index in [9.17, 15) is 13.2 Å². The summed E-state index contributed by atoms with van der Waals surface area (Å²) in [5.41, 5.74) is 5.74. The maximum atomic E-state index is 12.6. The van der Waals surface area contributed by atoms with E-state index in [1.165, 1.54) is 23.5 Å². The topological polar surface area (TPSA) is 51.4 Å². The molecular formula is C15H16F3N3OS. The molecule has 1 fully saturated rings. The van der Waals surface area contributed by atoms with E-state index in [1.807, 2.05) is 0 Å². The number of halogens is 3. The van der Waals surface area contributed by atoms with Crippen LogP contribution in [0.5, 0.6) is 0 Å². The molecule has 0 bridgehead atoms. The van der Waals surface area contributed by atoms with E-state index in [-0.39, 0.29) is 6.10 Å². The van der Waals surface area contributed by atoms with Crippen LogP contribution in [-0.2, 0) is 17.5 Å². The van der Waals surface area contributed by atoms with Crippen molar-refractivity contribution in [3.63, 3.8) is 0 Å². The second kappa shape index (κ2) is 6.46. The molecule has 4 nitrogen and oxygen atoms in total. The standard InChI is InChI=1S/C15H16F3N3OS/c16-15(17,18)11-3-1-10(2-4-11)13-9-21(5-6-22-13)8-12-7-20-14(19)23-12/h1-4,7,13H,5-6,8-9H2,(H2,19,20). The molecule has 1 aromatic carbocycles. The van der Waals surface area contributed by atoms with E-state index in [0.29, 0.717) is 18.3 Å². The molecule has 23 heavy (non-hydrogen) atoms. The minimum Gasteiger partial charge on any atom is -0.375 e. The average molecular weight is 343 g/mol. The highest BCUT2D eigenvalue weighted by Gasteiger charge is 2.30. The van der Waals surface area contributed by atoms with Gasteiger partial charge in [0.15, 0.2) is 5.13 Å². The quantitative estimate of drug-likeness (QED) is 0.929. The number of rotatable bonds is 3. The molecule has 1 aromatic heterocycles. The van der Waals surface area contributed by atoms with Crippen molar-refractivity contribution in [2.75, 3.05) is 25.4 Å². The highest BCUT2D eigenvalue weighted by molar-refractivity contribution is 7.15. The van der Waals surface area contributed by atoms with E-state index in [2.05, 4.69) is 9.88 Å². The lowest BCUT2D eigenvalue weighted by Crippen LogP contribution is -2.37. The van der Waals surface area contributed by atoms with Gasteiger partial charge in [-0.3, -0.25) is 4.90 Å². The van der Waals surface area contributed by atoms with E-state index in [1.54, 1.807) is 6.20 Å². The number of nitrogens with two attached hydrogens (primary N) is 1. The fourth-order valence-electron chi connectivity index (χ4n) is 2.55. The minimum absolute atomic E-state index is 0.226. The highest BCUT2D eigenvalue weighted by Crippen LogP contribution is 2.31. The van der Waals surface area contributed by atoms with Crippen LogP contribution in [0.3, 0.4) is 0 Å². The fraction of sp³-hybridized carbons (Fsp3) is 0.400. The minimum atomic E-state index is -4.32. The molecule has 124 valence electrons. The Morgan fingerprint density at radius 1 is 1.30 bits per heavy atom. The zero-order valence-electron chi connectivity index (χ0n) is 12.2. The first kappa shape index (κ1) is 16.2. The van der Waals surface area contributed by atoms with Crippen molar-refractivity contribution in [1.82, 2.24) is 9.88 Å². The van der Waals surface area contributed by atoms with Crippen LogP contribution in [-0.4, -0.2) is 29.6 Å². The van der Waals surface area contributed by atoms with E-state index in [4.69, 9.17) is 10.5 Å². The Labute approximate surface area is 135 Å². The number of morpholine rings is 1. The summed E-state index contributed by atoms with van der Waals surface area (Å²) in [7, 11) is 0. The van der Waals surface area contributed by atoms with Crippen molar-refractivity contribution in [2.45, 2.75) is 18.8 Å². The van der Waals surface area contributed by atoms with Crippen molar-refractivity contribution in [3.8, 4) is 0 Å². The Hall–Kier alpha value is -1.64. The highest BCUT2D eigenvalue weighted by atomic mass is 32.1. The van der Waals surface area contributed by atoms with Gasteiger partial charge in [-0.1, -0.05) is 12.1 Å². The van der Waals surface area contributed by atoms with Crippen LogP contribution in [0.25, 0.3) is 0 Å². The summed E-state index contributed by atoms with van der Waals surface area (Å²) in [6.07, 6.45) is -2.79. The molecule has 2 N–H and O–H groups in total. The van der Waals surface area contributed by atoms with Crippen molar-refractivity contribution < 1.29 is 17.9 Å². The zero-order chi connectivity index (χ0) is 16.4. The number of nitrogen functional groups attached to an aromatic ring is 1. The van der Waals surface area contributed by atoms with Gasteiger partial charge in [0.05, 0.1) is 18.3 Å². The molecule has 2 aromatic rings. The van der Waals surface area contributed by atoms with Gasteiger partial charge in [-0.2, -0.15) is 13.2 Å². The lowest BCUT2D eigenvalue weighted by atomic mass is 10.1. The van der Waals surface area contributed by atoms with Crippen LogP contribution in [0, 0.1) is 0 Å². The fourth-order valence-corrected chi connectivity index (χ4v) is 3.28. The number of nitrogens with zero attached hydrogens (tertiary/aromatic N) is 2. The molecule has 0 amide bonds. The maximum absolute atomic E-state index is 12.6. The summed E-state index contributed by atoms with van der Waals surface area (Å²) in [5, 5.41) is 0.535. The molecule has 8 heteroatoms. The summed E-state index contributed by atoms with van der Waals surface area (Å²) in [5.74, 6) is 0. The predicted molar refractivity (Wildman–Crippen MR) is 81.9 cm³/mol. The number of aromatic nitrogens is 1. The first-order valence-electron chi connectivity index (χ1n) is 7.13. The van der Waals surface area contributed by atoms with Gasteiger partial charge in [0.2, 0.25) is 0 Å². The Balaban J connectivity index is 1.66. The van der Waals surface area contributed by atoms with Gasteiger partial charge >= 0.3 is 6.18 Å². The van der Waals surface area contributed by atoms with Gasteiger partial charge < -0.3 is 10.5 Å². The molecule has 3 rings (SSSR count). The maximum Gasteiger partial charge on any atom is 0.416 e. The second-order valence-electron chi connectivity index (χ2n) is 5.38. The molecule has 1 saturated heterocycles. The third kappa shape index (κ3) is 4.01. The molecular weight excluding hydrogens is 327 g/mol. The van der Waals surface area contributed by atoms with Crippen LogP contribution in [0.4, 0.5) is 18.3 Å². The van der Waals surface area contributed by atoms with Crippen molar-refractivity contribution in [3.05, 3.63) is 46.5 Å². The normalized spacial score (nSPS) is 19.9. The summed E-state index contributed by atoms with van der Waals surface area (Å²) >= 11 is 1.44. The molecule has 1 aliphatic heterocycles. The van der Waals surface area contributed by atoms with E-state index < -0.39 is 11.7 Å². The van der Waals surface area contributed by atoms with Crippen LogP contribution >= 0.6 is 11.3 Å². The third-order valence-electron chi connectivity index (χ3n) is 3.71. The number of hydrogen-bond donors (Lipinski definition) is 1.